The maximum Gasteiger partial charge on any atom is 0.328 e. The molecule has 0 aliphatic rings. The predicted molar refractivity (Wildman–Crippen MR) is 76.2 cm³/mol. The fourth-order valence-electron chi connectivity index (χ4n) is 1.61. The van der Waals surface area contributed by atoms with Crippen LogP contribution >= 0.6 is 11.6 Å². The minimum Gasteiger partial charge on any atom is -0.478 e. The molecule has 1 rings (SSSR count). The Bertz CT molecular complexity index is 535. The Labute approximate surface area is 117 Å². The van der Waals surface area contributed by atoms with Gasteiger partial charge in [-0.05, 0) is 30.7 Å². The van der Waals surface area contributed by atoms with Gasteiger partial charge in [-0.25, -0.2) is 4.79 Å². The van der Waals surface area contributed by atoms with E-state index in [0.717, 1.165) is 11.8 Å². The Hall–Kier alpha value is -1.99. The second kappa shape index (κ2) is 6.81. The van der Waals surface area contributed by atoms with Crippen LogP contribution in [0, 0.1) is 17.2 Å². The Kier molecular flexibility index (Phi) is 5.40. The van der Waals surface area contributed by atoms with E-state index in [4.69, 9.17) is 22.0 Å². The fourth-order valence-corrected chi connectivity index (χ4v) is 1.84. The van der Waals surface area contributed by atoms with E-state index in [2.05, 4.69) is 6.07 Å². The molecule has 0 aromatic heterocycles. The quantitative estimate of drug-likeness (QED) is 0.841. The second-order valence-corrected chi connectivity index (χ2v) is 4.70. The lowest BCUT2D eigenvalue weighted by Gasteiger charge is -2.21. The van der Waals surface area contributed by atoms with E-state index >= 15 is 0 Å². The number of nitrogens with zero attached hydrogens (tertiary/aromatic N) is 2. The summed E-state index contributed by atoms with van der Waals surface area (Å²) in [7, 11) is 1.88. The van der Waals surface area contributed by atoms with Crippen molar-refractivity contribution in [1.29, 1.82) is 5.26 Å². The number of carbonyl (C=O) groups is 1. The first kappa shape index (κ1) is 15.1. The minimum absolute atomic E-state index is 0.0737. The zero-order valence-electron chi connectivity index (χ0n) is 10.8. The summed E-state index contributed by atoms with van der Waals surface area (Å²) < 4.78 is 0. The minimum atomic E-state index is -1.01. The molecular formula is C14H15ClN2O2. The number of rotatable bonds is 5. The van der Waals surface area contributed by atoms with E-state index in [1.807, 2.05) is 24.9 Å². The summed E-state index contributed by atoms with van der Waals surface area (Å²) in [5.74, 6) is -1.09. The smallest absolute Gasteiger partial charge is 0.328 e. The molecule has 1 aromatic carbocycles. The summed E-state index contributed by atoms with van der Waals surface area (Å²) in [5, 5.41) is 17.8. The van der Waals surface area contributed by atoms with Crippen LogP contribution in [0.3, 0.4) is 0 Å². The molecule has 0 saturated carbocycles. The molecule has 1 aromatic rings. The molecule has 1 N–H and O–H groups in total. The highest BCUT2D eigenvalue weighted by Crippen LogP contribution is 2.24. The topological polar surface area (TPSA) is 64.3 Å². The van der Waals surface area contributed by atoms with Crippen molar-refractivity contribution in [3.8, 4) is 6.07 Å². The standard InChI is InChI=1S/C14H15ClN2O2/c1-10(8-16)9-17(2)12-5-3-11(13(15)7-12)4-6-14(18)19/h3-7,10H,9H2,1-2H3,(H,18,19)/b6-4+. The Balaban J connectivity index is 2.88. The zero-order chi connectivity index (χ0) is 14.4. The van der Waals surface area contributed by atoms with Crippen LogP contribution < -0.4 is 4.90 Å². The van der Waals surface area contributed by atoms with Gasteiger partial charge in [0.1, 0.15) is 0 Å². The largest absolute Gasteiger partial charge is 0.478 e. The molecule has 100 valence electrons. The van der Waals surface area contributed by atoms with E-state index < -0.39 is 5.97 Å². The lowest BCUT2D eigenvalue weighted by Crippen LogP contribution is -2.23. The van der Waals surface area contributed by atoms with Crippen LogP contribution in [0.5, 0.6) is 0 Å². The van der Waals surface area contributed by atoms with Gasteiger partial charge in [-0.1, -0.05) is 17.7 Å². The molecule has 0 heterocycles. The molecule has 0 spiro atoms. The van der Waals surface area contributed by atoms with Gasteiger partial charge in [0.25, 0.3) is 0 Å². The van der Waals surface area contributed by atoms with Crippen LogP contribution in [0.15, 0.2) is 24.3 Å². The summed E-state index contributed by atoms with van der Waals surface area (Å²) in [5.41, 5.74) is 1.54. The molecular weight excluding hydrogens is 264 g/mol. The fraction of sp³-hybridized carbons (Fsp3) is 0.286. The predicted octanol–water partition coefficient (Wildman–Crippen LogP) is 3.03. The summed E-state index contributed by atoms with van der Waals surface area (Å²) in [6.07, 6.45) is 2.49. The van der Waals surface area contributed by atoms with Crippen LogP contribution in [-0.4, -0.2) is 24.7 Å². The highest BCUT2D eigenvalue weighted by Gasteiger charge is 2.08. The van der Waals surface area contributed by atoms with E-state index in [1.165, 1.54) is 6.08 Å². The number of nitriles is 1. The third-order valence-electron chi connectivity index (χ3n) is 2.60. The second-order valence-electron chi connectivity index (χ2n) is 4.29. The number of anilines is 1. The van der Waals surface area contributed by atoms with Gasteiger partial charge in [0.15, 0.2) is 0 Å². The lowest BCUT2D eigenvalue weighted by atomic mass is 10.1. The average molecular weight is 279 g/mol. The monoisotopic (exact) mass is 278 g/mol. The third-order valence-corrected chi connectivity index (χ3v) is 2.93. The number of halogens is 1. The van der Waals surface area contributed by atoms with Crippen molar-refractivity contribution >= 4 is 29.3 Å². The molecule has 0 aliphatic heterocycles. The van der Waals surface area contributed by atoms with Gasteiger partial charge >= 0.3 is 5.97 Å². The molecule has 1 atom stereocenters. The normalized spacial score (nSPS) is 12.1. The Morgan fingerprint density at radius 3 is 2.84 bits per heavy atom. The molecule has 4 nitrogen and oxygen atoms in total. The molecule has 0 aliphatic carbocycles. The Morgan fingerprint density at radius 1 is 1.63 bits per heavy atom. The number of hydrogen-bond donors (Lipinski definition) is 1. The van der Waals surface area contributed by atoms with Crippen molar-refractivity contribution in [1.82, 2.24) is 0 Å². The maximum atomic E-state index is 10.4. The summed E-state index contributed by atoms with van der Waals surface area (Å²) in [6.45, 7) is 2.46. The number of aliphatic carboxylic acids is 1. The van der Waals surface area contributed by atoms with Crippen LogP contribution in [0.25, 0.3) is 6.08 Å². The first-order valence-electron chi connectivity index (χ1n) is 5.75. The van der Waals surface area contributed by atoms with Gasteiger partial charge in [-0.15, -0.1) is 0 Å². The van der Waals surface area contributed by atoms with Crippen LogP contribution in [0.2, 0.25) is 5.02 Å². The average Bonchev–Trinajstić information content (AvgIpc) is 2.36. The van der Waals surface area contributed by atoms with Crippen molar-refractivity contribution in [2.24, 2.45) is 5.92 Å². The number of hydrogen-bond acceptors (Lipinski definition) is 3. The van der Waals surface area contributed by atoms with Crippen LogP contribution in [-0.2, 0) is 4.79 Å². The number of carboxylic acid groups (broad SMARTS) is 1. The summed E-state index contributed by atoms with van der Waals surface area (Å²) in [6, 6.07) is 7.53. The van der Waals surface area contributed by atoms with Gasteiger partial charge < -0.3 is 10.0 Å². The van der Waals surface area contributed by atoms with E-state index in [9.17, 15) is 4.79 Å². The molecule has 0 saturated heterocycles. The number of carboxylic acids is 1. The highest BCUT2D eigenvalue weighted by atomic mass is 35.5. The molecule has 19 heavy (non-hydrogen) atoms. The van der Waals surface area contributed by atoms with Crippen molar-refractivity contribution in [2.75, 3.05) is 18.5 Å². The van der Waals surface area contributed by atoms with Crippen LogP contribution in [0.4, 0.5) is 5.69 Å². The number of benzene rings is 1. The van der Waals surface area contributed by atoms with Gasteiger partial charge in [0.05, 0.1) is 12.0 Å². The maximum absolute atomic E-state index is 10.4. The highest BCUT2D eigenvalue weighted by molar-refractivity contribution is 6.32. The molecule has 1 unspecified atom stereocenters. The zero-order valence-corrected chi connectivity index (χ0v) is 11.6. The molecule has 0 radical (unpaired) electrons. The lowest BCUT2D eigenvalue weighted by molar-refractivity contribution is -0.131. The first-order valence-corrected chi connectivity index (χ1v) is 6.13. The van der Waals surface area contributed by atoms with Crippen molar-refractivity contribution in [3.63, 3.8) is 0 Å². The molecule has 0 amide bonds. The van der Waals surface area contributed by atoms with Crippen molar-refractivity contribution in [3.05, 3.63) is 34.9 Å². The molecule has 0 bridgehead atoms. The van der Waals surface area contributed by atoms with Gasteiger partial charge in [0, 0.05) is 30.4 Å². The van der Waals surface area contributed by atoms with Crippen LogP contribution in [0.1, 0.15) is 12.5 Å². The van der Waals surface area contributed by atoms with E-state index in [-0.39, 0.29) is 5.92 Å². The Morgan fingerprint density at radius 2 is 2.32 bits per heavy atom. The third kappa shape index (κ3) is 4.65. The van der Waals surface area contributed by atoms with Gasteiger partial charge in [-0.3, -0.25) is 0 Å². The summed E-state index contributed by atoms with van der Waals surface area (Å²) >= 11 is 6.09. The van der Waals surface area contributed by atoms with Gasteiger partial charge in [-0.2, -0.15) is 5.26 Å². The van der Waals surface area contributed by atoms with E-state index in [1.54, 1.807) is 12.1 Å². The molecule has 0 fully saturated rings. The SMILES string of the molecule is CC(C#N)CN(C)c1ccc(/C=C/C(=O)O)c(Cl)c1. The van der Waals surface area contributed by atoms with Crippen molar-refractivity contribution in [2.45, 2.75) is 6.92 Å². The first-order chi connectivity index (χ1) is 8.93. The van der Waals surface area contributed by atoms with E-state index in [0.29, 0.717) is 17.1 Å². The van der Waals surface area contributed by atoms with Crippen molar-refractivity contribution < 1.29 is 9.90 Å². The van der Waals surface area contributed by atoms with Gasteiger partial charge in [0.2, 0.25) is 0 Å². The summed E-state index contributed by atoms with van der Waals surface area (Å²) in [4.78, 5) is 12.4. The molecule has 5 heteroatoms.